The fourth-order valence-electron chi connectivity index (χ4n) is 1.88. The Labute approximate surface area is 61.8 Å². The molecule has 1 aliphatic carbocycles. The van der Waals surface area contributed by atoms with Crippen molar-refractivity contribution >= 4 is 0 Å². The third-order valence-corrected chi connectivity index (χ3v) is 2.72. The Hall–Kier alpha value is -0.110. The van der Waals surface area contributed by atoms with E-state index in [4.69, 9.17) is 5.73 Å². The van der Waals surface area contributed by atoms with Crippen LogP contribution in [0.4, 0.5) is 4.39 Å². The van der Waals surface area contributed by atoms with E-state index in [0.717, 1.165) is 12.8 Å². The summed E-state index contributed by atoms with van der Waals surface area (Å²) >= 11 is 0. The van der Waals surface area contributed by atoms with Crippen molar-refractivity contribution in [3.05, 3.63) is 0 Å². The van der Waals surface area contributed by atoms with Gasteiger partial charge in [-0.3, -0.25) is 4.39 Å². The number of hydrogen-bond donors (Lipinski definition) is 1. The molecule has 0 aromatic heterocycles. The first-order chi connectivity index (χ1) is 4.83. The fraction of sp³-hybridized carbons (Fsp3) is 1.00. The van der Waals surface area contributed by atoms with E-state index in [9.17, 15) is 4.39 Å². The molecule has 1 aliphatic rings. The maximum atomic E-state index is 12.0. The first-order valence-electron chi connectivity index (χ1n) is 4.09. The highest BCUT2D eigenvalue weighted by molar-refractivity contribution is 4.84. The molecule has 0 unspecified atom stereocenters. The highest BCUT2D eigenvalue weighted by Crippen LogP contribution is 2.39. The van der Waals surface area contributed by atoms with Crippen molar-refractivity contribution in [1.82, 2.24) is 0 Å². The van der Waals surface area contributed by atoms with Crippen LogP contribution in [0.25, 0.3) is 0 Å². The van der Waals surface area contributed by atoms with Crippen molar-refractivity contribution < 1.29 is 4.39 Å². The van der Waals surface area contributed by atoms with Gasteiger partial charge in [-0.25, -0.2) is 0 Å². The van der Waals surface area contributed by atoms with Gasteiger partial charge in [0, 0.05) is 0 Å². The second kappa shape index (κ2) is 3.33. The average Bonchev–Trinajstić information content (AvgIpc) is 2.39. The summed E-state index contributed by atoms with van der Waals surface area (Å²) in [6.45, 7) is 0.480. The minimum Gasteiger partial charge on any atom is -0.330 e. The van der Waals surface area contributed by atoms with Gasteiger partial charge in [-0.1, -0.05) is 12.8 Å². The third-order valence-electron chi connectivity index (χ3n) is 2.72. The van der Waals surface area contributed by atoms with Gasteiger partial charge < -0.3 is 5.73 Å². The number of nitrogens with two attached hydrogens (primary N) is 1. The molecule has 0 aromatic rings. The molecule has 0 aromatic carbocycles. The molecule has 0 spiro atoms. The second-order valence-corrected chi connectivity index (χ2v) is 3.35. The zero-order valence-electron chi connectivity index (χ0n) is 6.41. The zero-order valence-corrected chi connectivity index (χ0v) is 6.41. The van der Waals surface area contributed by atoms with Gasteiger partial charge in [0.15, 0.2) is 0 Å². The van der Waals surface area contributed by atoms with Crippen LogP contribution < -0.4 is 5.73 Å². The molecule has 1 saturated carbocycles. The Morgan fingerprint density at radius 3 is 2.30 bits per heavy atom. The van der Waals surface area contributed by atoms with Crippen molar-refractivity contribution in [1.29, 1.82) is 0 Å². The lowest BCUT2D eigenvalue weighted by atomic mass is 9.83. The van der Waals surface area contributed by atoms with Gasteiger partial charge in [0.25, 0.3) is 0 Å². The van der Waals surface area contributed by atoms with Gasteiger partial charge >= 0.3 is 0 Å². The van der Waals surface area contributed by atoms with Crippen LogP contribution >= 0.6 is 0 Å². The van der Waals surface area contributed by atoms with Gasteiger partial charge in [-0.2, -0.15) is 0 Å². The highest BCUT2D eigenvalue weighted by atomic mass is 19.1. The van der Waals surface area contributed by atoms with E-state index in [1.807, 2.05) is 0 Å². The molecule has 2 heteroatoms. The Bertz CT molecular complexity index is 97.4. The molecule has 60 valence electrons. The summed E-state index contributed by atoms with van der Waals surface area (Å²) < 4.78 is 12.0. The van der Waals surface area contributed by atoms with Crippen LogP contribution in [0.5, 0.6) is 0 Å². The first kappa shape index (κ1) is 7.99. The molecular weight excluding hydrogens is 129 g/mol. The van der Waals surface area contributed by atoms with Crippen molar-refractivity contribution in [3.8, 4) is 0 Å². The Kier molecular flexibility index (Phi) is 2.66. The van der Waals surface area contributed by atoms with E-state index in [1.165, 1.54) is 12.8 Å². The van der Waals surface area contributed by atoms with Crippen molar-refractivity contribution in [3.63, 3.8) is 0 Å². The topological polar surface area (TPSA) is 26.0 Å². The lowest BCUT2D eigenvalue weighted by molar-refractivity contribution is 0.249. The zero-order chi connectivity index (χ0) is 7.45. The van der Waals surface area contributed by atoms with E-state index in [0.29, 0.717) is 13.0 Å². The van der Waals surface area contributed by atoms with E-state index in [-0.39, 0.29) is 12.1 Å². The van der Waals surface area contributed by atoms with Crippen LogP contribution in [0, 0.1) is 5.41 Å². The molecular formula is C8H16FN. The summed E-state index contributed by atoms with van der Waals surface area (Å²) in [5.41, 5.74) is 5.78. The van der Waals surface area contributed by atoms with Crippen molar-refractivity contribution in [2.24, 2.45) is 11.1 Å². The summed E-state index contributed by atoms with van der Waals surface area (Å²) in [5.74, 6) is 0. The number of alkyl halides is 1. The maximum Gasteiger partial charge on any atom is 0.0900 e. The normalized spacial score (nSPS) is 23.4. The van der Waals surface area contributed by atoms with Gasteiger partial charge in [-0.05, 0) is 31.2 Å². The summed E-state index contributed by atoms with van der Waals surface area (Å²) in [4.78, 5) is 0. The minimum atomic E-state index is -0.197. The van der Waals surface area contributed by atoms with Gasteiger partial charge in [-0.15, -0.1) is 0 Å². The lowest BCUT2D eigenvalue weighted by Gasteiger charge is -2.25. The van der Waals surface area contributed by atoms with Crippen LogP contribution in [0.15, 0.2) is 0 Å². The van der Waals surface area contributed by atoms with Crippen LogP contribution in [-0.4, -0.2) is 13.2 Å². The van der Waals surface area contributed by atoms with Crippen LogP contribution in [-0.2, 0) is 0 Å². The number of hydrogen-bond acceptors (Lipinski definition) is 1. The summed E-state index contributed by atoms with van der Waals surface area (Å²) in [7, 11) is 0. The molecule has 1 rings (SSSR count). The van der Waals surface area contributed by atoms with Crippen molar-refractivity contribution in [2.45, 2.75) is 32.1 Å². The van der Waals surface area contributed by atoms with E-state index < -0.39 is 0 Å². The Balaban J connectivity index is 2.41. The monoisotopic (exact) mass is 145 g/mol. The van der Waals surface area contributed by atoms with Gasteiger partial charge in [0.1, 0.15) is 0 Å². The molecule has 0 bridgehead atoms. The molecule has 1 nitrogen and oxygen atoms in total. The molecule has 0 atom stereocenters. The molecule has 10 heavy (non-hydrogen) atoms. The molecule has 0 radical (unpaired) electrons. The number of halogens is 1. The predicted octanol–water partition coefficient (Wildman–Crippen LogP) is 1.87. The van der Waals surface area contributed by atoms with E-state index in [1.54, 1.807) is 0 Å². The smallest absolute Gasteiger partial charge is 0.0900 e. The van der Waals surface area contributed by atoms with Crippen LogP contribution in [0.3, 0.4) is 0 Å². The molecule has 2 N–H and O–H groups in total. The molecule has 0 amide bonds. The fourth-order valence-corrected chi connectivity index (χ4v) is 1.88. The summed E-state index contributed by atoms with van der Waals surface area (Å²) in [6, 6.07) is 0. The quantitative estimate of drug-likeness (QED) is 0.644. The van der Waals surface area contributed by atoms with Crippen LogP contribution in [0.1, 0.15) is 32.1 Å². The molecule has 0 heterocycles. The Morgan fingerprint density at radius 2 is 1.90 bits per heavy atom. The lowest BCUT2D eigenvalue weighted by Crippen LogP contribution is -2.27. The molecule has 1 fully saturated rings. The first-order valence-corrected chi connectivity index (χ1v) is 4.09. The maximum absolute atomic E-state index is 12.0. The van der Waals surface area contributed by atoms with Crippen LogP contribution in [0.2, 0.25) is 0 Å². The average molecular weight is 145 g/mol. The SMILES string of the molecule is NCC1(CCF)CCCC1. The third kappa shape index (κ3) is 1.48. The van der Waals surface area contributed by atoms with Crippen molar-refractivity contribution in [2.75, 3.05) is 13.2 Å². The Morgan fingerprint density at radius 1 is 1.30 bits per heavy atom. The largest absolute Gasteiger partial charge is 0.330 e. The predicted molar refractivity (Wildman–Crippen MR) is 40.5 cm³/mol. The van der Waals surface area contributed by atoms with Gasteiger partial charge in [0.2, 0.25) is 0 Å². The minimum absolute atomic E-state index is 0.189. The van der Waals surface area contributed by atoms with E-state index >= 15 is 0 Å². The second-order valence-electron chi connectivity index (χ2n) is 3.35. The highest BCUT2D eigenvalue weighted by Gasteiger charge is 2.31. The van der Waals surface area contributed by atoms with Gasteiger partial charge in [0.05, 0.1) is 6.67 Å². The summed E-state index contributed by atoms with van der Waals surface area (Å²) in [6.07, 6.45) is 5.47. The number of rotatable bonds is 3. The van der Waals surface area contributed by atoms with E-state index in [2.05, 4.69) is 0 Å². The molecule has 0 saturated heterocycles. The summed E-state index contributed by atoms with van der Waals surface area (Å²) in [5, 5.41) is 0. The molecule has 0 aliphatic heterocycles. The standard InChI is InChI=1S/C8H16FN/c9-6-5-8(7-10)3-1-2-4-8/h1-7,10H2.